The van der Waals surface area contributed by atoms with Crippen LogP contribution in [-0.2, 0) is 6.54 Å². The zero-order chi connectivity index (χ0) is 20.2. The molecule has 5 nitrogen and oxygen atoms in total. The second-order valence-electron chi connectivity index (χ2n) is 6.92. The van der Waals surface area contributed by atoms with Crippen LogP contribution in [0.25, 0.3) is 10.6 Å². The first-order valence-corrected chi connectivity index (χ1v) is 10.4. The number of piperazine rings is 1. The third-order valence-corrected chi connectivity index (χ3v) is 6.06. The number of thiazole rings is 1. The van der Waals surface area contributed by atoms with E-state index in [0.29, 0.717) is 11.5 Å². The highest BCUT2D eigenvalue weighted by atomic mass is 32.1. The molecule has 1 fully saturated rings. The van der Waals surface area contributed by atoms with Gasteiger partial charge in [-0.05, 0) is 36.4 Å². The van der Waals surface area contributed by atoms with E-state index in [1.54, 1.807) is 25.6 Å². The number of para-hydroxylation sites is 1. The van der Waals surface area contributed by atoms with E-state index in [2.05, 4.69) is 15.2 Å². The van der Waals surface area contributed by atoms with Gasteiger partial charge in [-0.15, -0.1) is 11.3 Å². The molecule has 0 unspecified atom stereocenters. The molecule has 0 saturated carbocycles. The molecule has 0 bridgehead atoms. The Hall–Kier alpha value is -2.64. The zero-order valence-corrected chi connectivity index (χ0v) is 17.4. The van der Waals surface area contributed by atoms with Crippen LogP contribution in [0.15, 0.2) is 47.8 Å². The molecule has 152 valence electrons. The van der Waals surface area contributed by atoms with Crippen LogP contribution in [0, 0.1) is 5.82 Å². The average molecular weight is 414 g/mol. The Morgan fingerprint density at radius 2 is 1.76 bits per heavy atom. The van der Waals surface area contributed by atoms with Crippen LogP contribution < -0.4 is 14.4 Å². The zero-order valence-electron chi connectivity index (χ0n) is 16.6. The van der Waals surface area contributed by atoms with Gasteiger partial charge in [0.2, 0.25) is 0 Å². The fraction of sp³-hybridized carbons (Fsp3) is 0.318. The lowest BCUT2D eigenvalue weighted by molar-refractivity contribution is 0.247. The lowest BCUT2D eigenvalue weighted by atomic mass is 10.2. The summed E-state index contributed by atoms with van der Waals surface area (Å²) in [6, 6.07) is 12.6. The maximum absolute atomic E-state index is 13.1. The molecule has 2 heterocycles. The minimum Gasteiger partial charge on any atom is -0.493 e. The summed E-state index contributed by atoms with van der Waals surface area (Å²) in [6.45, 7) is 4.57. The fourth-order valence-corrected chi connectivity index (χ4v) is 4.44. The second kappa shape index (κ2) is 8.80. The van der Waals surface area contributed by atoms with Crippen molar-refractivity contribution in [2.75, 3.05) is 45.3 Å². The molecule has 0 radical (unpaired) electrons. The number of halogens is 1. The topological polar surface area (TPSA) is 37.8 Å². The van der Waals surface area contributed by atoms with Gasteiger partial charge in [-0.1, -0.05) is 6.07 Å². The Morgan fingerprint density at radius 3 is 2.45 bits per heavy atom. The molecule has 0 aliphatic carbocycles. The Kier molecular flexibility index (Phi) is 5.97. The number of ether oxygens (including phenoxy) is 2. The standard InChI is InChI=1S/C22H24FN3O2S/c1-27-20-5-3-4-19(21(20)28-2)22-24-17(15-29-22)14-25-10-12-26(13-11-25)18-8-6-16(23)7-9-18/h3-9,15H,10-14H2,1-2H3. The third-order valence-electron chi connectivity index (χ3n) is 5.13. The molecule has 1 aliphatic heterocycles. The summed E-state index contributed by atoms with van der Waals surface area (Å²) in [5.41, 5.74) is 3.08. The van der Waals surface area contributed by atoms with Crippen LogP contribution >= 0.6 is 11.3 Å². The van der Waals surface area contributed by atoms with Crippen molar-refractivity contribution in [1.82, 2.24) is 9.88 Å². The predicted octanol–water partition coefficient (Wildman–Crippen LogP) is 4.29. The molecule has 4 rings (SSSR count). The molecule has 0 amide bonds. The van der Waals surface area contributed by atoms with Crippen molar-refractivity contribution in [2.24, 2.45) is 0 Å². The van der Waals surface area contributed by atoms with Gasteiger partial charge in [0, 0.05) is 43.8 Å². The predicted molar refractivity (Wildman–Crippen MR) is 115 cm³/mol. The molecular formula is C22H24FN3O2S. The number of nitrogens with zero attached hydrogens (tertiary/aromatic N) is 3. The molecule has 1 saturated heterocycles. The molecular weight excluding hydrogens is 389 g/mol. The van der Waals surface area contributed by atoms with E-state index < -0.39 is 0 Å². The number of aromatic nitrogens is 1. The quantitative estimate of drug-likeness (QED) is 0.603. The number of benzene rings is 2. The molecule has 29 heavy (non-hydrogen) atoms. The summed E-state index contributed by atoms with van der Waals surface area (Å²) in [7, 11) is 3.29. The van der Waals surface area contributed by atoms with Crippen LogP contribution in [0.1, 0.15) is 5.69 Å². The smallest absolute Gasteiger partial charge is 0.170 e. The average Bonchev–Trinajstić information content (AvgIpc) is 3.22. The molecule has 3 aromatic rings. The van der Waals surface area contributed by atoms with Gasteiger partial charge < -0.3 is 14.4 Å². The highest BCUT2D eigenvalue weighted by Crippen LogP contribution is 2.39. The Bertz CT molecular complexity index is 953. The van der Waals surface area contributed by atoms with Crippen LogP contribution in [0.4, 0.5) is 10.1 Å². The van der Waals surface area contributed by atoms with E-state index in [1.165, 1.54) is 12.1 Å². The number of hydrogen-bond donors (Lipinski definition) is 0. The molecule has 2 aromatic carbocycles. The lowest BCUT2D eigenvalue weighted by Gasteiger charge is -2.35. The number of rotatable bonds is 6. The van der Waals surface area contributed by atoms with Crippen molar-refractivity contribution in [1.29, 1.82) is 0 Å². The van der Waals surface area contributed by atoms with Crippen LogP contribution in [-0.4, -0.2) is 50.3 Å². The monoisotopic (exact) mass is 413 g/mol. The molecule has 0 atom stereocenters. The Labute approximate surface area is 174 Å². The summed E-state index contributed by atoms with van der Waals surface area (Å²) in [5.74, 6) is 1.22. The largest absolute Gasteiger partial charge is 0.493 e. The fourth-order valence-electron chi connectivity index (χ4n) is 3.60. The van der Waals surface area contributed by atoms with Crippen molar-refractivity contribution >= 4 is 17.0 Å². The maximum Gasteiger partial charge on any atom is 0.170 e. The van der Waals surface area contributed by atoms with Gasteiger partial charge in [-0.25, -0.2) is 9.37 Å². The number of methoxy groups -OCH3 is 2. The first-order chi connectivity index (χ1) is 14.2. The van der Waals surface area contributed by atoms with E-state index in [0.717, 1.165) is 54.7 Å². The van der Waals surface area contributed by atoms with Gasteiger partial charge in [0.15, 0.2) is 11.5 Å². The highest BCUT2D eigenvalue weighted by molar-refractivity contribution is 7.13. The maximum atomic E-state index is 13.1. The van der Waals surface area contributed by atoms with E-state index in [-0.39, 0.29) is 5.82 Å². The van der Waals surface area contributed by atoms with Crippen LogP contribution in [0.3, 0.4) is 0 Å². The highest BCUT2D eigenvalue weighted by Gasteiger charge is 2.19. The second-order valence-corrected chi connectivity index (χ2v) is 7.78. The van der Waals surface area contributed by atoms with Gasteiger partial charge in [-0.3, -0.25) is 4.90 Å². The molecule has 0 spiro atoms. The van der Waals surface area contributed by atoms with E-state index in [9.17, 15) is 4.39 Å². The molecule has 1 aromatic heterocycles. The number of hydrogen-bond acceptors (Lipinski definition) is 6. The lowest BCUT2D eigenvalue weighted by Crippen LogP contribution is -2.46. The Balaban J connectivity index is 1.40. The van der Waals surface area contributed by atoms with E-state index in [1.807, 2.05) is 30.3 Å². The minimum absolute atomic E-state index is 0.195. The van der Waals surface area contributed by atoms with Gasteiger partial charge >= 0.3 is 0 Å². The first kappa shape index (κ1) is 19.7. The van der Waals surface area contributed by atoms with E-state index in [4.69, 9.17) is 14.5 Å². The minimum atomic E-state index is -0.195. The van der Waals surface area contributed by atoms with Gasteiger partial charge in [0.25, 0.3) is 0 Å². The third kappa shape index (κ3) is 4.36. The van der Waals surface area contributed by atoms with Crippen LogP contribution in [0.2, 0.25) is 0 Å². The van der Waals surface area contributed by atoms with Crippen molar-refractivity contribution < 1.29 is 13.9 Å². The van der Waals surface area contributed by atoms with Crippen molar-refractivity contribution in [3.63, 3.8) is 0 Å². The summed E-state index contributed by atoms with van der Waals surface area (Å²) < 4.78 is 24.1. The summed E-state index contributed by atoms with van der Waals surface area (Å²) >= 11 is 1.62. The SMILES string of the molecule is COc1cccc(-c2nc(CN3CCN(c4ccc(F)cc4)CC3)cs2)c1OC. The van der Waals surface area contributed by atoms with Crippen molar-refractivity contribution in [3.8, 4) is 22.1 Å². The normalized spacial score (nSPS) is 14.8. The Morgan fingerprint density at radius 1 is 1.00 bits per heavy atom. The molecule has 1 aliphatic rings. The van der Waals surface area contributed by atoms with Gasteiger partial charge in [0.1, 0.15) is 10.8 Å². The van der Waals surface area contributed by atoms with Gasteiger partial charge in [-0.2, -0.15) is 0 Å². The number of anilines is 1. The molecule has 0 N–H and O–H groups in total. The first-order valence-electron chi connectivity index (χ1n) is 9.56. The van der Waals surface area contributed by atoms with E-state index >= 15 is 0 Å². The summed E-state index contributed by atoms with van der Waals surface area (Å²) in [5, 5.41) is 3.04. The van der Waals surface area contributed by atoms with Crippen molar-refractivity contribution in [3.05, 3.63) is 59.4 Å². The summed E-state index contributed by atoms with van der Waals surface area (Å²) in [4.78, 5) is 9.53. The molecule has 7 heteroatoms. The van der Waals surface area contributed by atoms with Crippen molar-refractivity contribution in [2.45, 2.75) is 6.54 Å². The van der Waals surface area contributed by atoms with Crippen LogP contribution in [0.5, 0.6) is 11.5 Å². The van der Waals surface area contributed by atoms with Gasteiger partial charge in [0.05, 0.1) is 25.5 Å². The summed E-state index contributed by atoms with van der Waals surface area (Å²) in [6.07, 6.45) is 0.